The molecule has 1 aliphatic carbocycles. The number of aliphatic hydroxyl groups excluding tert-OH is 1. The lowest BCUT2D eigenvalue weighted by Crippen LogP contribution is -2.22. The fourth-order valence-corrected chi connectivity index (χ4v) is 2.37. The summed E-state index contributed by atoms with van der Waals surface area (Å²) in [6.07, 6.45) is 2.66. The maximum Gasteiger partial charge on any atom is 0.167 e. The SMILES string of the molecule is COc1cc(NCC2CCCC2O)c(N)cc1F. The third kappa shape index (κ3) is 2.67. The number of halogens is 1. The Labute approximate surface area is 106 Å². The van der Waals surface area contributed by atoms with Gasteiger partial charge in [-0.25, -0.2) is 4.39 Å². The second-order valence-corrected chi connectivity index (χ2v) is 4.71. The van der Waals surface area contributed by atoms with Gasteiger partial charge in [-0.05, 0) is 12.8 Å². The van der Waals surface area contributed by atoms with E-state index in [4.69, 9.17) is 10.5 Å². The van der Waals surface area contributed by atoms with Crippen molar-refractivity contribution in [1.82, 2.24) is 0 Å². The van der Waals surface area contributed by atoms with Crippen LogP contribution in [-0.2, 0) is 0 Å². The Kier molecular flexibility index (Phi) is 3.91. The first-order chi connectivity index (χ1) is 8.61. The number of aliphatic hydroxyl groups is 1. The summed E-state index contributed by atoms with van der Waals surface area (Å²) in [5.74, 6) is -0.0689. The summed E-state index contributed by atoms with van der Waals surface area (Å²) in [4.78, 5) is 0. The molecule has 0 aliphatic heterocycles. The smallest absolute Gasteiger partial charge is 0.167 e. The Hall–Kier alpha value is -1.49. The van der Waals surface area contributed by atoms with Gasteiger partial charge in [-0.3, -0.25) is 0 Å². The van der Waals surface area contributed by atoms with Gasteiger partial charge in [0.1, 0.15) is 0 Å². The largest absolute Gasteiger partial charge is 0.494 e. The van der Waals surface area contributed by atoms with E-state index in [2.05, 4.69) is 5.32 Å². The molecule has 0 spiro atoms. The molecule has 2 atom stereocenters. The molecule has 2 unspecified atom stereocenters. The van der Waals surface area contributed by atoms with Crippen molar-refractivity contribution in [3.8, 4) is 5.75 Å². The molecule has 5 heteroatoms. The monoisotopic (exact) mass is 254 g/mol. The number of hydrogen-bond donors (Lipinski definition) is 3. The molecule has 0 bridgehead atoms. The minimum atomic E-state index is -0.471. The molecule has 1 aromatic rings. The number of hydrogen-bond acceptors (Lipinski definition) is 4. The van der Waals surface area contributed by atoms with Gasteiger partial charge in [0.25, 0.3) is 0 Å². The number of rotatable bonds is 4. The Morgan fingerprint density at radius 3 is 2.89 bits per heavy atom. The van der Waals surface area contributed by atoms with Gasteiger partial charge in [0, 0.05) is 24.6 Å². The first-order valence-electron chi connectivity index (χ1n) is 6.16. The molecule has 4 nitrogen and oxygen atoms in total. The highest BCUT2D eigenvalue weighted by molar-refractivity contribution is 5.68. The molecule has 100 valence electrons. The Bertz CT molecular complexity index is 426. The van der Waals surface area contributed by atoms with Crippen LogP contribution in [0, 0.1) is 11.7 Å². The van der Waals surface area contributed by atoms with E-state index in [-0.39, 0.29) is 17.8 Å². The number of nitrogens with one attached hydrogen (secondary N) is 1. The van der Waals surface area contributed by atoms with E-state index in [9.17, 15) is 9.50 Å². The Balaban J connectivity index is 2.04. The highest BCUT2D eigenvalue weighted by Crippen LogP contribution is 2.30. The lowest BCUT2D eigenvalue weighted by Gasteiger charge is -2.17. The van der Waals surface area contributed by atoms with E-state index in [0.29, 0.717) is 17.9 Å². The quantitative estimate of drug-likeness (QED) is 0.719. The Morgan fingerprint density at radius 2 is 2.28 bits per heavy atom. The number of anilines is 2. The summed E-state index contributed by atoms with van der Waals surface area (Å²) in [5, 5.41) is 12.9. The molecule has 4 N–H and O–H groups in total. The summed E-state index contributed by atoms with van der Waals surface area (Å²) < 4.78 is 18.3. The molecule has 2 rings (SSSR count). The van der Waals surface area contributed by atoms with Crippen LogP contribution >= 0.6 is 0 Å². The normalized spacial score (nSPS) is 23.1. The topological polar surface area (TPSA) is 67.5 Å². The van der Waals surface area contributed by atoms with Crippen molar-refractivity contribution >= 4 is 11.4 Å². The van der Waals surface area contributed by atoms with E-state index in [1.807, 2.05) is 0 Å². The van der Waals surface area contributed by atoms with Gasteiger partial charge in [-0.15, -0.1) is 0 Å². The average molecular weight is 254 g/mol. The number of methoxy groups -OCH3 is 1. The number of nitrogens with two attached hydrogens (primary N) is 1. The molecule has 1 fully saturated rings. The molecular formula is C13H19FN2O2. The predicted octanol–water partition coefficient (Wildman–Crippen LogP) is 1.99. The van der Waals surface area contributed by atoms with Crippen LogP contribution in [-0.4, -0.2) is 24.9 Å². The fourth-order valence-electron chi connectivity index (χ4n) is 2.37. The zero-order chi connectivity index (χ0) is 13.1. The van der Waals surface area contributed by atoms with Crippen LogP contribution in [0.15, 0.2) is 12.1 Å². The first kappa shape index (κ1) is 13.0. The second-order valence-electron chi connectivity index (χ2n) is 4.71. The molecular weight excluding hydrogens is 235 g/mol. The number of benzene rings is 1. The van der Waals surface area contributed by atoms with Gasteiger partial charge in [0.05, 0.1) is 24.6 Å². The molecule has 0 amide bonds. The summed E-state index contributed by atoms with van der Waals surface area (Å²) in [6, 6.07) is 2.79. The minimum Gasteiger partial charge on any atom is -0.494 e. The molecule has 0 radical (unpaired) electrons. The van der Waals surface area contributed by atoms with E-state index in [1.54, 1.807) is 6.07 Å². The molecule has 0 saturated heterocycles. The van der Waals surface area contributed by atoms with Crippen molar-refractivity contribution in [3.05, 3.63) is 17.9 Å². The average Bonchev–Trinajstić information content (AvgIpc) is 2.74. The van der Waals surface area contributed by atoms with Crippen LogP contribution < -0.4 is 15.8 Å². The highest BCUT2D eigenvalue weighted by Gasteiger charge is 2.25. The molecule has 0 heterocycles. The van der Waals surface area contributed by atoms with E-state index >= 15 is 0 Å². The van der Waals surface area contributed by atoms with Crippen LogP contribution in [0.2, 0.25) is 0 Å². The van der Waals surface area contributed by atoms with Crippen molar-refractivity contribution in [3.63, 3.8) is 0 Å². The third-order valence-electron chi connectivity index (χ3n) is 3.50. The number of nitrogen functional groups attached to an aromatic ring is 1. The van der Waals surface area contributed by atoms with Crippen LogP contribution in [0.1, 0.15) is 19.3 Å². The van der Waals surface area contributed by atoms with E-state index < -0.39 is 5.82 Å². The van der Waals surface area contributed by atoms with Gasteiger partial charge in [0.15, 0.2) is 11.6 Å². The molecule has 1 saturated carbocycles. The molecule has 1 aliphatic rings. The van der Waals surface area contributed by atoms with Gasteiger partial charge >= 0.3 is 0 Å². The van der Waals surface area contributed by atoms with Crippen molar-refractivity contribution in [1.29, 1.82) is 0 Å². The first-order valence-corrected chi connectivity index (χ1v) is 6.16. The number of ether oxygens (including phenoxy) is 1. The predicted molar refractivity (Wildman–Crippen MR) is 69.2 cm³/mol. The molecule has 18 heavy (non-hydrogen) atoms. The maximum absolute atomic E-state index is 13.4. The van der Waals surface area contributed by atoms with Gasteiger partial charge in [-0.2, -0.15) is 0 Å². The minimum absolute atomic E-state index is 0.165. The zero-order valence-corrected chi connectivity index (χ0v) is 10.4. The maximum atomic E-state index is 13.4. The summed E-state index contributed by atoms with van der Waals surface area (Å²) in [7, 11) is 1.42. The zero-order valence-electron chi connectivity index (χ0n) is 10.4. The molecule has 1 aromatic carbocycles. The Morgan fingerprint density at radius 1 is 1.50 bits per heavy atom. The van der Waals surface area contributed by atoms with Crippen molar-refractivity contribution < 1.29 is 14.2 Å². The van der Waals surface area contributed by atoms with Crippen LogP contribution in [0.25, 0.3) is 0 Å². The van der Waals surface area contributed by atoms with E-state index in [1.165, 1.54) is 13.2 Å². The van der Waals surface area contributed by atoms with Crippen molar-refractivity contribution in [2.45, 2.75) is 25.4 Å². The second kappa shape index (κ2) is 5.44. The third-order valence-corrected chi connectivity index (χ3v) is 3.50. The summed E-state index contributed by atoms with van der Waals surface area (Å²) in [6.45, 7) is 0.639. The standard InChI is InChI=1S/C13H19FN2O2/c1-18-13-6-11(10(15)5-9(13)14)16-7-8-3-2-4-12(8)17/h5-6,8,12,16-17H,2-4,7,15H2,1H3. The van der Waals surface area contributed by atoms with Crippen LogP contribution in [0.3, 0.4) is 0 Å². The van der Waals surface area contributed by atoms with Crippen LogP contribution in [0.4, 0.5) is 15.8 Å². The van der Waals surface area contributed by atoms with Crippen molar-refractivity contribution in [2.75, 3.05) is 24.7 Å². The van der Waals surface area contributed by atoms with Gasteiger partial charge < -0.3 is 20.9 Å². The molecule has 0 aromatic heterocycles. The fraction of sp³-hybridized carbons (Fsp3) is 0.538. The lowest BCUT2D eigenvalue weighted by molar-refractivity contribution is 0.138. The van der Waals surface area contributed by atoms with Crippen molar-refractivity contribution in [2.24, 2.45) is 5.92 Å². The summed E-state index contributed by atoms with van der Waals surface area (Å²) in [5.41, 5.74) is 6.74. The highest BCUT2D eigenvalue weighted by atomic mass is 19.1. The van der Waals surface area contributed by atoms with Crippen LogP contribution in [0.5, 0.6) is 5.75 Å². The van der Waals surface area contributed by atoms with Gasteiger partial charge in [0.2, 0.25) is 0 Å². The summed E-state index contributed by atoms with van der Waals surface area (Å²) >= 11 is 0. The van der Waals surface area contributed by atoms with E-state index in [0.717, 1.165) is 19.3 Å². The van der Waals surface area contributed by atoms with Gasteiger partial charge in [-0.1, -0.05) is 6.42 Å². The lowest BCUT2D eigenvalue weighted by atomic mass is 10.1.